The third-order valence-electron chi connectivity index (χ3n) is 6.72. The average molecular weight is 518 g/mol. The summed E-state index contributed by atoms with van der Waals surface area (Å²) in [5.74, 6) is -0.977. The van der Waals surface area contributed by atoms with Crippen LogP contribution in [0.5, 0.6) is 5.75 Å². The van der Waals surface area contributed by atoms with E-state index in [2.05, 4.69) is 5.32 Å². The van der Waals surface area contributed by atoms with Gasteiger partial charge in [-0.1, -0.05) is 13.8 Å². The van der Waals surface area contributed by atoms with Crippen LogP contribution in [-0.4, -0.2) is 67.6 Å². The summed E-state index contributed by atoms with van der Waals surface area (Å²) >= 11 is 0. The van der Waals surface area contributed by atoms with E-state index in [1.165, 1.54) is 6.07 Å². The first-order chi connectivity index (χ1) is 17.6. The molecular weight excluding hydrogens is 480 g/mol. The molecule has 1 aliphatic heterocycles. The molecule has 37 heavy (non-hydrogen) atoms. The molecule has 0 bridgehead atoms. The Kier molecular flexibility index (Phi) is 10.00. The molecule has 0 saturated carbocycles. The zero-order valence-corrected chi connectivity index (χ0v) is 22.2. The number of anilines is 1. The van der Waals surface area contributed by atoms with Crippen molar-refractivity contribution in [2.75, 3.05) is 39.2 Å². The Hall–Kier alpha value is -3.04. The minimum Gasteiger partial charge on any atom is -0.491 e. The van der Waals surface area contributed by atoms with E-state index in [1.54, 1.807) is 37.3 Å². The number of amides is 2. The summed E-state index contributed by atoms with van der Waals surface area (Å²) in [7, 11) is 3.30. The molecule has 0 saturated heterocycles. The lowest BCUT2D eigenvalue weighted by atomic mass is 10.0. The molecule has 2 aromatic rings. The predicted octanol–water partition coefficient (Wildman–Crippen LogP) is 4.71. The van der Waals surface area contributed by atoms with Gasteiger partial charge in [-0.2, -0.15) is 0 Å². The molecule has 0 fully saturated rings. The Morgan fingerprint density at radius 2 is 1.92 bits per heavy atom. The van der Waals surface area contributed by atoms with Crippen LogP contribution < -0.4 is 10.1 Å². The Morgan fingerprint density at radius 1 is 1.16 bits per heavy atom. The minimum absolute atomic E-state index is 0.0297. The molecule has 1 aliphatic rings. The van der Waals surface area contributed by atoms with Crippen LogP contribution in [0.25, 0.3) is 0 Å². The van der Waals surface area contributed by atoms with Crippen molar-refractivity contribution in [3.8, 4) is 5.75 Å². The fraction of sp³-hybridized carbons (Fsp3) is 0.500. The smallest absolute Gasteiger partial charge is 0.257 e. The van der Waals surface area contributed by atoms with Crippen molar-refractivity contribution in [3.63, 3.8) is 0 Å². The standard InChI is InChI=1S/C28H37F2N3O4/c1-6-7-27(34)31-22-9-11-25-23(13-22)28(35)32(4)16-26(36-5)18(2)14-33(19(3)17-37-25)15-20-12-21(29)8-10-24(20)30/h8-13,18-19,26H,6-7,14-17H2,1-5H3,(H,31,34)/t18-,19-,26-/m1/s1. The second-order valence-corrected chi connectivity index (χ2v) is 9.77. The van der Waals surface area contributed by atoms with Crippen molar-refractivity contribution >= 4 is 17.5 Å². The number of likely N-dealkylation sites (N-methyl/N-ethyl adjacent to an activating group) is 1. The molecule has 202 valence electrons. The lowest BCUT2D eigenvalue weighted by Gasteiger charge is -2.36. The number of fused-ring (bicyclic) bond motifs is 1. The molecule has 1 heterocycles. The Morgan fingerprint density at radius 3 is 2.62 bits per heavy atom. The van der Waals surface area contributed by atoms with Gasteiger partial charge in [0.1, 0.15) is 24.0 Å². The van der Waals surface area contributed by atoms with Gasteiger partial charge in [0.05, 0.1) is 11.7 Å². The van der Waals surface area contributed by atoms with Crippen molar-refractivity contribution in [3.05, 3.63) is 59.2 Å². The first kappa shape index (κ1) is 28.5. The topological polar surface area (TPSA) is 71.1 Å². The number of hydrogen-bond donors (Lipinski definition) is 1. The van der Waals surface area contributed by atoms with Crippen molar-refractivity contribution < 1.29 is 27.8 Å². The summed E-state index contributed by atoms with van der Waals surface area (Å²) in [4.78, 5) is 29.2. The van der Waals surface area contributed by atoms with Gasteiger partial charge in [-0.25, -0.2) is 8.78 Å². The van der Waals surface area contributed by atoms with Gasteiger partial charge in [0.2, 0.25) is 5.91 Å². The number of halogens is 2. The molecule has 0 aromatic heterocycles. The van der Waals surface area contributed by atoms with Gasteiger partial charge in [-0.05, 0) is 55.7 Å². The van der Waals surface area contributed by atoms with E-state index < -0.39 is 11.6 Å². The number of carbonyl (C=O) groups is 2. The van der Waals surface area contributed by atoms with Crippen LogP contribution in [0.1, 0.15) is 49.5 Å². The number of nitrogens with one attached hydrogen (secondary N) is 1. The quantitative estimate of drug-likeness (QED) is 0.601. The number of methoxy groups -OCH3 is 1. The third-order valence-corrected chi connectivity index (χ3v) is 6.72. The molecule has 3 atom stereocenters. The molecule has 2 amide bonds. The lowest BCUT2D eigenvalue weighted by Crippen LogP contribution is -2.46. The fourth-order valence-electron chi connectivity index (χ4n) is 4.48. The van der Waals surface area contributed by atoms with Crippen molar-refractivity contribution in [1.29, 1.82) is 0 Å². The van der Waals surface area contributed by atoms with Crippen LogP contribution in [0, 0.1) is 17.6 Å². The highest BCUT2D eigenvalue weighted by Gasteiger charge is 2.29. The van der Waals surface area contributed by atoms with E-state index in [1.807, 2.05) is 25.7 Å². The summed E-state index contributed by atoms with van der Waals surface area (Å²) in [5, 5.41) is 2.83. The fourth-order valence-corrected chi connectivity index (χ4v) is 4.48. The first-order valence-electron chi connectivity index (χ1n) is 12.7. The van der Waals surface area contributed by atoms with Crippen molar-refractivity contribution in [1.82, 2.24) is 9.80 Å². The third kappa shape index (κ3) is 7.49. The molecule has 2 aromatic carbocycles. The summed E-state index contributed by atoms with van der Waals surface area (Å²) in [6, 6.07) is 8.28. The second-order valence-electron chi connectivity index (χ2n) is 9.77. The normalized spacial score (nSPS) is 21.4. The summed E-state index contributed by atoms with van der Waals surface area (Å²) < 4.78 is 40.2. The largest absolute Gasteiger partial charge is 0.491 e. The van der Waals surface area contributed by atoms with E-state index in [-0.39, 0.29) is 48.6 Å². The zero-order valence-electron chi connectivity index (χ0n) is 22.2. The highest BCUT2D eigenvalue weighted by atomic mass is 19.1. The van der Waals surface area contributed by atoms with E-state index in [9.17, 15) is 18.4 Å². The van der Waals surface area contributed by atoms with E-state index >= 15 is 0 Å². The average Bonchev–Trinajstić information content (AvgIpc) is 2.86. The van der Waals surface area contributed by atoms with Gasteiger partial charge in [-0.3, -0.25) is 14.5 Å². The van der Waals surface area contributed by atoms with E-state index in [0.717, 1.165) is 12.1 Å². The molecule has 3 rings (SSSR count). The molecule has 0 unspecified atom stereocenters. The van der Waals surface area contributed by atoms with Gasteiger partial charge in [-0.15, -0.1) is 0 Å². The Labute approximate surface area is 217 Å². The molecule has 0 spiro atoms. The maximum atomic E-state index is 14.5. The first-order valence-corrected chi connectivity index (χ1v) is 12.7. The SMILES string of the molecule is CCCC(=O)Nc1ccc2c(c1)C(=O)N(C)C[C@@H](OC)[C@H](C)CN(Cc1cc(F)ccc1F)[C@H](C)CO2. The van der Waals surface area contributed by atoms with Crippen molar-refractivity contribution in [2.45, 2.75) is 52.3 Å². The number of hydrogen-bond acceptors (Lipinski definition) is 5. The highest BCUT2D eigenvalue weighted by molar-refractivity contribution is 5.99. The van der Waals surface area contributed by atoms with Gasteiger partial charge in [0, 0.05) is 57.5 Å². The van der Waals surface area contributed by atoms with Gasteiger partial charge in [0.15, 0.2) is 0 Å². The van der Waals surface area contributed by atoms with Gasteiger partial charge in [0.25, 0.3) is 5.91 Å². The number of carbonyl (C=O) groups excluding carboxylic acids is 2. The molecular formula is C28H37F2N3O4. The lowest BCUT2D eigenvalue weighted by molar-refractivity contribution is -0.116. The number of ether oxygens (including phenoxy) is 2. The van der Waals surface area contributed by atoms with Crippen LogP contribution in [0.2, 0.25) is 0 Å². The summed E-state index contributed by atoms with van der Waals surface area (Å²) in [6.45, 7) is 7.13. The summed E-state index contributed by atoms with van der Waals surface area (Å²) in [5.41, 5.74) is 1.11. The molecule has 7 nitrogen and oxygen atoms in total. The molecule has 1 N–H and O–H groups in total. The molecule has 9 heteroatoms. The van der Waals surface area contributed by atoms with Crippen LogP contribution in [0.4, 0.5) is 14.5 Å². The predicted molar refractivity (Wildman–Crippen MR) is 139 cm³/mol. The minimum atomic E-state index is -0.492. The summed E-state index contributed by atoms with van der Waals surface area (Å²) in [6.07, 6.45) is 0.803. The van der Waals surface area contributed by atoms with Crippen LogP contribution in [-0.2, 0) is 16.1 Å². The Balaban J connectivity index is 1.94. The number of rotatable bonds is 6. The second kappa shape index (κ2) is 13.0. The molecule has 0 aliphatic carbocycles. The van der Waals surface area contributed by atoms with Crippen LogP contribution >= 0.6 is 0 Å². The zero-order chi connectivity index (χ0) is 27.1. The van der Waals surface area contributed by atoms with Crippen molar-refractivity contribution in [2.24, 2.45) is 5.92 Å². The number of benzene rings is 2. The maximum Gasteiger partial charge on any atom is 0.257 e. The van der Waals surface area contributed by atoms with Gasteiger partial charge < -0.3 is 19.7 Å². The van der Waals surface area contributed by atoms with Crippen LogP contribution in [0.3, 0.4) is 0 Å². The highest BCUT2D eigenvalue weighted by Crippen LogP contribution is 2.27. The Bertz CT molecular complexity index is 1100. The van der Waals surface area contributed by atoms with E-state index in [0.29, 0.717) is 42.9 Å². The van der Waals surface area contributed by atoms with Crippen LogP contribution in [0.15, 0.2) is 36.4 Å². The maximum absolute atomic E-state index is 14.5. The van der Waals surface area contributed by atoms with E-state index in [4.69, 9.17) is 9.47 Å². The van der Waals surface area contributed by atoms with Gasteiger partial charge >= 0.3 is 0 Å². The monoisotopic (exact) mass is 517 g/mol. The number of nitrogens with zero attached hydrogens (tertiary/aromatic N) is 2. The molecule has 0 radical (unpaired) electrons.